The van der Waals surface area contributed by atoms with Gasteiger partial charge >= 0.3 is 0 Å². The molecule has 0 aliphatic carbocycles. The van der Waals surface area contributed by atoms with Crippen molar-refractivity contribution in [3.63, 3.8) is 0 Å². The van der Waals surface area contributed by atoms with Crippen molar-refractivity contribution in [2.45, 2.75) is 19.8 Å². The first-order valence-corrected chi connectivity index (χ1v) is 7.29. The fraction of sp³-hybridized carbons (Fsp3) is 0.263. The van der Waals surface area contributed by atoms with Crippen LogP contribution >= 0.6 is 0 Å². The molecule has 23 heavy (non-hydrogen) atoms. The van der Waals surface area contributed by atoms with Crippen molar-refractivity contribution in [3.8, 4) is 23.0 Å². The van der Waals surface area contributed by atoms with Gasteiger partial charge in [-0.05, 0) is 41.3 Å². The van der Waals surface area contributed by atoms with Gasteiger partial charge in [-0.2, -0.15) is 0 Å². The molecule has 0 fully saturated rings. The highest BCUT2D eigenvalue weighted by Crippen LogP contribution is 2.29. The summed E-state index contributed by atoms with van der Waals surface area (Å²) in [5.74, 6) is 1.82. The maximum atomic E-state index is 9.29. The van der Waals surface area contributed by atoms with Crippen molar-refractivity contribution in [1.29, 1.82) is 0 Å². The Balaban J connectivity index is 0.000000231. The normalized spacial score (nSPS) is 9.78. The molecular weight excluding hydrogens is 292 g/mol. The van der Waals surface area contributed by atoms with E-state index in [-0.39, 0.29) is 11.5 Å². The number of phenols is 2. The van der Waals surface area contributed by atoms with Crippen LogP contribution in [0.25, 0.3) is 6.08 Å². The van der Waals surface area contributed by atoms with Crippen LogP contribution in [0.1, 0.15) is 30.9 Å². The number of phenolic OH excluding ortho intramolecular Hbond substituents is 2. The van der Waals surface area contributed by atoms with Gasteiger partial charge in [0.15, 0.2) is 23.0 Å². The average Bonchev–Trinajstić information content (AvgIpc) is 2.56. The van der Waals surface area contributed by atoms with E-state index in [4.69, 9.17) is 9.47 Å². The van der Waals surface area contributed by atoms with Crippen LogP contribution in [0.5, 0.6) is 23.0 Å². The second-order valence-electron chi connectivity index (χ2n) is 5.22. The third-order valence-corrected chi connectivity index (χ3v) is 3.31. The summed E-state index contributed by atoms with van der Waals surface area (Å²) in [4.78, 5) is 0. The Morgan fingerprint density at radius 1 is 0.913 bits per heavy atom. The van der Waals surface area contributed by atoms with E-state index < -0.39 is 0 Å². The average molecular weight is 316 g/mol. The molecule has 2 aromatic rings. The Bertz CT molecular complexity index is 648. The molecule has 0 saturated carbocycles. The van der Waals surface area contributed by atoms with E-state index in [1.165, 1.54) is 12.7 Å². The highest BCUT2D eigenvalue weighted by atomic mass is 16.5. The molecule has 2 rings (SSSR count). The highest BCUT2D eigenvalue weighted by molar-refractivity contribution is 5.53. The molecule has 0 bridgehead atoms. The lowest BCUT2D eigenvalue weighted by molar-refractivity contribution is 0.372. The monoisotopic (exact) mass is 316 g/mol. The molecule has 0 aliphatic rings. The van der Waals surface area contributed by atoms with Crippen LogP contribution in [0.3, 0.4) is 0 Å². The molecule has 0 amide bonds. The summed E-state index contributed by atoms with van der Waals surface area (Å²) >= 11 is 0. The molecule has 0 radical (unpaired) electrons. The summed E-state index contributed by atoms with van der Waals surface area (Å²) in [6.45, 7) is 7.80. The molecule has 2 N–H and O–H groups in total. The molecular formula is C19H24O4. The molecule has 0 spiro atoms. The van der Waals surface area contributed by atoms with Crippen molar-refractivity contribution in [2.24, 2.45) is 0 Å². The maximum Gasteiger partial charge on any atom is 0.161 e. The quantitative estimate of drug-likeness (QED) is 0.867. The van der Waals surface area contributed by atoms with Crippen LogP contribution in [-0.2, 0) is 0 Å². The topological polar surface area (TPSA) is 58.9 Å². The summed E-state index contributed by atoms with van der Waals surface area (Å²) in [6, 6.07) is 10.5. The molecule has 0 heterocycles. The standard InChI is InChI=1S/C10H14O2.C9H10O2/c1-7(2)8-4-5-9(11)10(6-8)12-3;1-3-7-4-5-8(10)9(6-7)11-2/h4-7,11H,1-3H3;3-6,10H,1H2,2H3. The van der Waals surface area contributed by atoms with E-state index in [2.05, 4.69) is 20.4 Å². The van der Waals surface area contributed by atoms with Crippen LogP contribution < -0.4 is 9.47 Å². The van der Waals surface area contributed by atoms with Crippen LogP contribution in [0.4, 0.5) is 0 Å². The lowest BCUT2D eigenvalue weighted by atomic mass is 10.0. The number of aromatic hydroxyl groups is 2. The van der Waals surface area contributed by atoms with Gasteiger partial charge in [0.05, 0.1) is 14.2 Å². The molecule has 0 atom stereocenters. The molecule has 0 saturated heterocycles. The Labute approximate surface area is 137 Å². The minimum atomic E-state index is 0.151. The lowest BCUT2D eigenvalue weighted by Crippen LogP contribution is -1.89. The maximum absolute atomic E-state index is 9.29. The summed E-state index contributed by atoms with van der Waals surface area (Å²) in [5.41, 5.74) is 2.10. The third kappa shape index (κ3) is 5.25. The SMILES string of the molecule is C=Cc1ccc(O)c(OC)c1.COc1cc(C(C)C)ccc1O. The number of benzene rings is 2. The first-order chi connectivity index (χ1) is 10.9. The first kappa shape index (κ1) is 18.4. The highest BCUT2D eigenvalue weighted by Gasteiger charge is 2.04. The molecule has 0 aliphatic heterocycles. The van der Waals surface area contributed by atoms with Gasteiger partial charge in [0.1, 0.15) is 0 Å². The Morgan fingerprint density at radius 2 is 1.43 bits per heavy atom. The number of ether oxygens (including phenoxy) is 2. The van der Waals surface area contributed by atoms with Gasteiger partial charge < -0.3 is 19.7 Å². The zero-order valence-corrected chi connectivity index (χ0v) is 14.0. The van der Waals surface area contributed by atoms with E-state index in [0.29, 0.717) is 17.4 Å². The van der Waals surface area contributed by atoms with Crippen molar-refractivity contribution in [1.82, 2.24) is 0 Å². The minimum Gasteiger partial charge on any atom is -0.504 e. The van der Waals surface area contributed by atoms with Crippen LogP contribution in [-0.4, -0.2) is 24.4 Å². The van der Waals surface area contributed by atoms with Crippen LogP contribution in [0.2, 0.25) is 0 Å². The summed E-state index contributed by atoms with van der Waals surface area (Å²) in [7, 11) is 3.07. The van der Waals surface area contributed by atoms with Gasteiger partial charge in [0.25, 0.3) is 0 Å². The zero-order chi connectivity index (χ0) is 17.4. The van der Waals surface area contributed by atoms with E-state index in [9.17, 15) is 10.2 Å². The van der Waals surface area contributed by atoms with Crippen molar-refractivity contribution in [2.75, 3.05) is 14.2 Å². The van der Waals surface area contributed by atoms with Gasteiger partial charge in [-0.3, -0.25) is 0 Å². The zero-order valence-electron chi connectivity index (χ0n) is 14.0. The number of rotatable bonds is 4. The van der Waals surface area contributed by atoms with E-state index in [1.54, 1.807) is 37.5 Å². The molecule has 4 nitrogen and oxygen atoms in total. The van der Waals surface area contributed by atoms with Gasteiger partial charge in [0.2, 0.25) is 0 Å². The first-order valence-electron chi connectivity index (χ1n) is 7.29. The Morgan fingerprint density at radius 3 is 1.91 bits per heavy atom. The lowest BCUT2D eigenvalue weighted by Gasteiger charge is -2.08. The smallest absolute Gasteiger partial charge is 0.161 e. The van der Waals surface area contributed by atoms with Crippen molar-refractivity contribution >= 4 is 6.08 Å². The number of methoxy groups -OCH3 is 2. The molecule has 0 aromatic heterocycles. The van der Waals surface area contributed by atoms with Gasteiger partial charge in [-0.15, -0.1) is 0 Å². The van der Waals surface area contributed by atoms with Crippen LogP contribution in [0.15, 0.2) is 43.0 Å². The fourth-order valence-electron chi connectivity index (χ4n) is 1.87. The molecule has 4 heteroatoms. The molecule has 124 valence electrons. The third-order valence-electron chi connectivity index (χ3n) is 3.31. The Hall–Kier alpha value is -2.62. The number of hydrogen-bond acceptors (Lipinski definition) is 4. The largest absolute Gasteiger partial charge is 0.504 e. The predicted octanol–water partition coefficient (Wildman–Crippen LogP) is 4.57. The molecule has 0 unspecified atom stereocenters. The van der Waals surface area contributed by atoms with E-state index in [1.807, 2.05) is 12.1 Å². The second kappa shape index (κ2) is 8.73. The van der Waals surface area contributed by atoms with Crippen LogP contribution in [0, 0.1) is 0 Å². The minimum absolute atomic E-state index is 0.151. The van der Waals surface area contributed by atoms with Crippen molar-refractivity contribution in [3.05, 3.63) is 54.1 Å². The van der Waals surface area contributed by atoms with Crippen molar-refractivity contribution < 1.29 is 19.7 Å². The van der Waals surface area contributed by atoms with E-state index >= 15 is 0 Å². The van der Waals surface area contributed by atoms with E-state index in [0.717, 1.165) is 5.56 Å². The van der Waals surface area contributed by atoms with Gasteiger partial charge in [-0.1, -0.05) is 38.6 Å². The summed E-state index contributed by atoms with van der Waals surface area (Å²) < 4.78 is 9.88. The molecule has 2 aromatic carbocycles. The van der Waals surface area contributed by atoms with Gasteiger partial charge in [-0.25, -0.2) is 0 Å². The number of hydrogen-bond donors (Lipinski definition) is 2. The summed E-state index contributed by atoms with van der Waals surface area (Å²) in [5, 5.41) is 18.5. The Kier molecular flexibility index (Phi) is 7.00. The summed E-state index contributed by atoms with van der Waals surface area (Å²) in [6.07, 6.45) is 1.70. The van der Waals surface area contributed by atoms with Gasteiger partial charge in [0, 0.05) is 0 Å². The second-order valence-corrected chi connectivity index (χ2v) is 5.22. The fourth-order valence-corrected chi connectivity index (χ4v) is 1.87. The predicted molar refractivity (Wildman–Crippen MR) is 93.5 cm³/mol.